The van der Waals surface area contributed by atoms with Crippen LogP contribution in [-0.4, -0.2) is 10.8 Å². The van der Waals surface area contributed by atoms with Gasteiger partial charge in [0.1, 0.15) is 0 Å². The normalized spacial score (nSPS) is 15.0. The molecule has 0 rings (SSSR count). The van der Waals surface area contributed by atoms with Gasteiger partial charge >= 0.3 is 0 Å². The summed E-state index contributed by atoms with van der Waals surface area (Å²) >= 11 is 11.2. The van der Waals surface area contributed by atoms with Crippen molar-refractivity contribution in [3.8, 4) is 0 Å². The molecule has 0 nitrogen and oxygen atoms in total. The highest BCUT2D eigenvalue weighted by molar-refractivity contribution is 6.23. The van der Waals surface area contributed by atoms with Crippen LogP contribution in [0.4, 0.5) is 0 Å². The van der Waals surface area contributed by atoms with E-state index < -0.39 is 0 Å². The molecule has 0 aliphatic carbocycles. The van der Waals surface area contributed by atoms with Crippen molar-refractivity contribution < 1.29 is 0 Å². The van der Waals surface area contributed by atoms with E-state index >= 15 is 0 Å². The lowest BCUT2D eigenvalue weighted by Crippen LogP contribution is -1.99. The molecule has 0 aromatic rings. The fourth-order valence-electron chi connectivity index (χ4n) is 1.39. The summed E-state index contributed by atoms with van der Waals surface area (Å²) in [6, 6.07) is 0. The fourth-order valence-corrected chi connectivity index (χ4v) is 2.02. The molecule has 0 saturated heterocycles. The van der Waals surface area contributed by atoms with Gasteiger partial charge in [-0.3, -0.25) is 0 Å². The maximum Gasteiger partial charge on any atom is 0.0321 e. The zero-order chi connectivity index (χ0) is 11.7. The molecule has 0 heterocycles. The van der Waals surface area contributed by atoms with Crippen molar-refractivity contribution in [1.29, 1.82) is 0 Å². The summed E-state index contributed by atoms with van der Waals surface area (Å²) in [6.07, 6.45) is 2.25. The number of halogens is 2. The van der Waals surface area contributed by atoms with E-state index in [0.717, 1.165) is 18.3 Å². The molecule has 14 heavy (non-hydrogen) atoms. The SMILES string of the molecule is CC(C)CC(C)C.CC(Cl)CC(C)Cl. The van der Waals surface area contributed by atoms with Crippen molar-refractivity contribution in [2.75, 3.05) is 0 Å². The van der Waals surface area contributed by atoms with Crippen LogP contribution in [0, 0.1) is 11.8 Å². The Morgan fingerprint density at radius 3 is 0.929 bits per heavy atom. The maximum absolute atomic E-state index is 5.59. The summed E-state index contributed by atoms with van der Waals surface area (Å²) < 4.78 is 0. The van der Waals surface area contributed by atoms with Crippen LogP contribution in [0.2, 0.25) is 0 Å². The van der Waals surface area contributed by atoms with Crippen LogP contribution < -0.4 is 0 Å². The van der Waals surface area contributed by atoms with E-state index in [9.17, 15) is 0 Å². The topological polar surface area (TPSA) is 0 Å². The van der Waals surface area contributed by atoms with Crippen molar-refractivity contribution >= 4 is 23.2 Å². The van der Waals surface area contributed by atoms with Crippen LogP contribution in [0.15, 0.2) is 0 Å². The molecule has 0 amide bonds. The van der Waals surface area contributed by atoms with Gasteiger partial charge in [-0.15, -0.1) is 23.2 Å². The van der Waals surface area contributed by atoms with Crippen molar-refractivity contribution in [1.82, 2.24) is 0 Å². The summed E-state index contributed by atoms with van der Waals surface area (Å²) in [5.74, 6) is 1.75. The van der Waals surface area contributed by atoms with Crippen molar-refractivity contribution in [2.24, 2.45) is 11.8 Å². The molecule has 2 unspecified atom stereocenters. The highest BCUT2D eigenvalue weighted by Crippen LogP contribution is 2.08. The number of hydrogen-bond donors (Lipinski definition) is 0. The third-order valence-electron chi connectivity index (χ3n) is 1.59. The Hall–Kier alpha value is 0.580. The second-order valence-electron chi connectivity index (χ2n) is 4.82. The standard InChI is InChI=1S/C7H16.C5H10Cl2/c1-6(2)5-7(3)4;1-4(6)3-5(2)7/h6-7H,5H2,1-4H3;4-5H,3H2,1-2H3. The zero-order valence-electron chi connectivity index (χ0n) is 10.5. The van der Waals surface area contributed by atoms with Gasteiger partial charge in [-0.25, -0.2) is 0 Å². The highest BCUT2D eigenvalue weighted by atomic mass is 35.5. The van der Waals surface area contributed by atoms with Gasteiger partial charge in [-0.2, -0.15) is 0 Å². The van der Waals surface area contributed by atoms with Crippen LogP contribution in [0.1, 0.15) is 54.4 Å². The van der Waals surface area contributed by atoms with E-state index in [1.807, 2.05) is 13.8 Å². The highest BCUT2D eigenvalue weighted by Gasteiger charge is 1.99. The monoisotopic (exact) mass is 240 g/mol. The maximum atomic E-state index is 5.59. The lowest BCUT2D eigenvalue weighted by Gasteiger charge is -2.05. The zero-order valence-corrected chi connectivity index (χ0v) is 12.0. The quantitative estimate of drug-likeness (QED) is 0.584. The van der Waals surface area contributed by atoms with E-state index in [-0.39, 0.29) is 10.8 Å². The average Bonchev–Trinajstić information content (AvgIpc) is 1.79. The molecule has 2 atom stereocenters. The fraction of sp³-hybridized carbons (Fsp3) is 1.00. The minimum absolute atomic E-state index is 0.215. The first-order chi connectivity index (χ1) is 6.25. The molecule has 0 aromatic heterocycles. The molecular formula is C12H26Cl2. The molecule has 0 spiro atoms. The van der Waals surface area contributed by atoms with Gasteiger partial charge < -0.3 is 0 Å². The number of rotatable bonds is 4. The van der Waals surface area contributed by atoms with Crippen molar-refractivity contribution in [3.63, 3.8) is 0 Å². The van der Waals surface area contributed by atoms with Gasteiger partial charge in [0.05, 0.1) is 0 Å². The van der Waals surface area contributed by atoms with E-state index in [1.165, 1.54) is 6.42 Å². The van der Waals surface area contributed by atoms with E-state index in [0.29, 0.717) is 0 Å². The first kappa shape index (κ1) is 17.0. The van der Waals surface area contributed by atoms with Crippen LogP contribution in [0.25, 0.3) is 0 Å². The van der Waals surface area contributed by atoms with Crippen LogP contribution >= 0.6 is 23.2 Å². The lowest BCUT2D eigenvalue weighted by atomic mass is 10.0. The second kappa shape index (κ2) is 10.1. The second-order valence-corrected chi connectivity index (χ2v) is 6.31. The molecule has 0 fully saturated rings. The molecule has 0 aromatic carbocycles. The van der Waals surface area contributed by atoms with Crippen LogP contribution in [-0.2, 0) is 0 Å². The summed E-state index contributed by atoms with van der Waals surface area (Å²) in [4.78, 5) is 0. The predicted molar refractivity (Wildman–Crippen MR) is 69.5 cm³/mol. The van der Waals surface area contributed by atoms with Crippen LogP contribution in [0.3, 0.4) is 0 Å². The molecule has 0 aliphatic heterocycles. The summed E-state index contributed by atoms with van der Waals surface area (Å²) in [5, 5.41) is 0.431. The first-order valence-corrected chi connectivity index (χ1v) is 6.41. The summed E-state index contributed by atoms with van der Waals surface area (Å²) in [6.45, 7) is 12.9. The largest absolute Gasteiger partial charge is 0.123 e. The van der Waals surface area contributed by atoms with Gasteiger partial charge in [0.15, 0.2) is 0 Å². The van der Waals surface area contributed by atoms with E-state index in [2.05, 4.69) is 27.7 Å². The van der Waals surface area contributed by atoms with Gasteiger partial charge in [0, 0.05) is 10.8 Å². The molecule has 0 saturated carbocycles. The molecular weight excluding hydrogens is 215 g/mol. The third kappa shape index (κ3) is 22.9. The van der Waals surface area contributed by atoms with Crippen LogP contribution in [0.5, 0.6) is 0 Å². The van der Waals surface area contributed by atoms with Gasteiger partial charge in [-0.05, 0) is 38.5 Å². The first-order valence-electron chi connectivity index (χ1n) is 5.53. The van der Waals surface area contributed by atoms with Crippen molar-refractivity contribution in [3.05, 3.63) is 0 Å². The third-order valence-corrected chi connectivity index (χ3v) is 1.95. The molecule has 0 bridgehead atoms. The van der Waals surface area contributed by atoms with Crippen molar-refractivity contribution in [2.45, 2.75) is 65.1 Å². The number of hydrogen-bond acceptors (Lipinski definition) is 0. The lowest BCUT2D eigenvalue weighted by molar-refractivity contribution is 0.469. The molecule has 88 valence electrons. The Kier molecular flexibility index (Phi) is 12.3. The van der Waals surface area contributed by atoms with Gasteiger partial charge in [-0.1, -0.05) is 27.7 Å². The Morgan fingerprint density at radius 1 is 0.643 bits per heavy atom. The van der Waals surface area contributed by atoms with Gasteiger partial charge in [0.25, 0.3) is 0 Å². The van der Waals surface area contributed by atoms with Gasteiger partial charge in [0.2, 0.25) is 0 Å². The molecule has 0 radical (unpaired) electrons. The molecule has 0 aliphatic rings. The molecule has 2 heteroatoms. The minimum atomic E-state index is 0.215. The van der Waals surface area contributed by atoms with E-state index in [4.69, 9.17) is 23.2 Å². The average molecular weight is 241 g/mol. The summed E-state index contributed by atoms with van der Waals surface area (Å²) in [5.41, 5.74) is 0. The number of alkyl halides is 2. The molecule has 0 N–H and O–H groups in total. The Morgan fingerprint density at radius 2 is 0.929 bits per heavy atom. The smallest absolute Gasteiger partial charge is 0.0321 e. The Labute approximate surface area is 100 Å². The Bertz CT molecular complexity index is 80.9. The minimum Gasteiger partial charge on any atom is -0.123 e. The predicted octanol–water partition coefficient (Wildman–Crippen LogP) is 5.32. The summed E-state index contributed by atoms with van der Waals surface area (Å²) in [7, 11) is 0. The van der Waals surface area contributed by atoms with E-state index in [1.54, 1.807) is 0 Å². The Balaban J connectivity index is 0.